The molecule has 0 unspecified atom stereocenters. The van der Waals surface area contributed by atoms with Gasteiger partial charge >= 0.3 is 0 Å². The summed E-state index contributed by atoms with van der Waals surface area (Å²) >= 11 is 9.82. The zero-order chi connectivity index (χ0) is 28.1. The molecule has 3 aromatic rings. The van der Waals surface area contributed by atoms with Gasteiger partial charge in [-0.25, -0.2) is 4.90 Å². The molecule has 0 spiro atoms. The van der Waals surface area contributed by atoms with E-state index in [1.165, 1.54) is 7.11 Å². The molecular weight excluding hydrogens is 596 g/mol. The van der Waals surface area contributed by atoms with Crippen LogP contribution in [0.4, 0.5) is 5.69 Å². The molecular formula is C31H22BrClN2O5. The van der Waals surface area contributed by atoms with Crippen LogP contribution < -0.4 is 9.64 Å². The van der Waals surface area contributed by atoms with Crippen molar-refractivity contribution in [3.05, 3.63) is 117 Å². The second kappa shape index (κ2) is 10.2. The lowest BCUT2D eigenvalue weighted by Gasteiger charge is -2.33. The Morgan fingerprint density at radius 3 is 2.30 bits per heavy atom. The Kier molecular flexibility index (Phi) is 6.68. The second-order valence-electron chi connectivity index (χ2n) is 9.74. The number of Topliss-reactive ketones (excluding diaryl/α,β-unsaturated/α-hetero) is 2. The van der Waals surface area contributed by atoms with E-state index in [-0.39, 0.29) is 22.3 Å². The predicted molar refractivity (Wildman–Crippen MR) is 153 cm³/mol. The lowest BCUT2D eigenvalue weighted by molar-refractivity contribution is -0.123. The van der Waals surface area contributed by atoms with E-state index in [1.54, 1.807) is 90.0 Å². The number of hydrogen-bond acceptors (Lipinski definition) is 6. The number of methoxy groups -OCH3 is 1. The lowest BCUT2D eigenvalue weighted by Crippen LogP contribution is -2.46. The van der Waals surface area contributed by atoms with Crippen molar-refractivity contribution in [1.82, 2.24) is 4.90 Å². The van der Waals surface area contributed by atoms with Crippen LogP contribution in [0.3, 0.4) is 0 Å². The number of benzene rings is 3. The first-order valence-corrected chi connectivity index (χ1v) is 13.8. The molecule has 0 aromatic heterocycles. The maximum atomic E-state index is 14.1. The molecule has 7 nitrogen and oxygen atoms in total. The summed E-state index contributed by atoms with van der Waals surface area (Å²) in [5.74, 6) is -2.79. The van der Waals surface area contributed by atoms with E-state index < -0.39 is 35.7 Å². The van der Waals surface area contributed by atoms with Crippen LogP contribution in [0, 0.1) is 11.8 Å². The first kappa shape index (κ1) is 26.2. The van der Waals surface area contributed by atoms with Crippen molar-refractivity contribution in [3.8, 4) is 5.75 Å². The minimum Gasteiger partial charge on any atom is -0.496 e. The monoisotopic (exact) mass is 616 g/mol. The van der Waals surface area contributed by atoms with Crippen LogP contribution in [0.5, 0.6) is 5.75 Å². The summed E-state index contributed by atoms with van der Waals surface area (Å²) in [6, 6.07) is 18.7. The molecule has 40 heavy (non-hydrogen) atoms. The van der Waals surface area contributed by atoms with Crippen LogP contribution >= 0.6 is 27.5 Å². The number of para-hydroxylation sites is 1. The van der Waals surface area contributed by atoms with Gasteiger partial charge in [0.25, 0.3) is 0 Å². The number of rotatable bonds is 6. The highest BCUT2D eigenvalue weighted by atomic mass is 79.9. The van der Waals surface area contributed by atoms with E-state index in [2.05, 4.69) is 15.9 Å². The summed E-state index contributed by atoms with van der Waals surface area (Å²) in [4.78, 5) is 58.1. The summed E-state index contributed by atoms with van der Waals surface area (Å²) in [5.41, 5.74) is 1.53. The molecule has 2 amide bonds. The molecule has 2 fully saturated rings. The first-order valence-electron chi connectivity index (χ1n) is 12.6. The van der Waals surface area contributed by atoms with Gasteiger partial charge in [-0.3, -0.25) is 19.2 Å². The van der Waals surface area contributed by atoms with Crippen molar-refractivity contribution in [3.63, 3.8) is 0 Å². The Morgan fingerprint density at radius 1 is 0.900 bits per heavy atom. The smallest absolute Gasteiger partial charge is 0.240 e. The highest BCUT2D eigenvalue weighted by Gasteiger charge is 2.63. The maximum absolute atomic E-state index is 14.1. The SMILES string of the molecule is COc1ccc(C(=O)[C@@H]2[C@@H]3C(=O)N(c4ccccc4Cl)C(=O)[C@H]3[C@@H]3C=C(C(=O)c4ccccc4)C=CN23)cc1Br. The summed E-state index contributed by atoms with van der Waals surface area (Å²) < 4.78 is 5.89. The number of carbonyl (C=O) groups is 4. The molecule has 0 saturated carbocycles. The maximum Gasteiger partial charge on any atom is 0.240 e. The van der Waals surface area contributed by atoms with Crippen LogP contribution in [0.2, 0.25) is 5.02 Å². The Labute approximate surface area is 243 Å². The number of carbonyl (C=O) groups excluding carboxylic acids is 4. The van der Waals surface area contributed by atoms with Crippen LogP contribution in [0.25, 0.3) is 0 Å². The summed E-state index contributed by atoms with van der Waals surface area (Å²) in [6.07, 6.45) is 4.99. The number of anilines is 1. The van der Waals surface area contributed by atoms with E-state index in [0.717, 1.165) is 4.90 Å². The number of imide groups is 1. The van der Waals surface area contributed by atoms with Gasteiger partial charge < -0.3 is 9.64 Å². The van der Waals surface area contributed by atoms with E-state index in [1.807, 2.05) is 6.07 Å². The molecule has 200 valence electrons. The summed E-state index contributed by atoms with van der Waals surface area (Å²) in [5, 5.41) is 0.252. The number of fused-ring (bicyclic) bond motifs is 3. The Bertz CT molecular complexity index is 1640. The van der Waals surface area contributed by atoms with Gasteiger partial charge in [0.2, 0.25) is 11.8 Å². The topological polar surface area (TPSA) is 84.0 Å². The Morgan fingerprint density at radius 2 is 1.60 bits per heavy atom. The molecule has 6 rings (SSSR count). The third kappa shape index (κ3) is 4.10. The van der Waals surface area contributed by atoms with E-state index >= 15 is 0 Å². The number of allylic oxidation sites excluding steroid dienone is 2. The molecule has 0 N–H and O–H groups in total. The third-order valence-corrected chi connectivity index (χ3v) is 8.58. The van der Waals surface area contributed by atoms with Crippen molar-refractivity contribution < 1.29 is 23.9 Å². The van der Waals surface area contributed by atoms with Crippen LogP contribution in [0.1, 0.15) is 20.7 Å². The number of amides is 2. The highest BCUT2D eigenvalue weighted by Crippen LogP contribution is 2.48. The van der Waals surface area contributed by atoms with Gasteiger partial charge in [-0.05, 0) is 52.3 Å². The van der Waals surface area contributed by atoms with Gasteiger partial charge in [-0.1, -0.05) is 60.1 Å². The normalized spacial score (nSPS) is 23.1. The molecule has 3 aromatic carbocycles. The number of ketones is 2. The van der Waals surface area contributed by atoms with Crippen LogP contribution in [-0.4, -0.2) is 47.5 Å². The van der Waals surface area contributed by atoms with Crippen molar-refractivity contribution in [1.29, 1.82) is 0 Å². The molecule has 0 radical (unpaired) electrons. The number of hydrogen-bond donors (Lipinski definition) is 0. The van der Waals surface area contributed by atoms with Gasteiger partial charge in [0.15, 0.2) is 11.6 Å². The molecule has 3 heterocycles. The van der Waals surface area contributed by atoms with E-state index in [4.69, 9.17) is 16.3 Å². The standard InChI is InChI=1S/C31H22BrClN2O5/c1-40-24-12-11-18(15-20(24)32)29(37)27-26-25(30(38)35(31(26)39)22-10-6-5-9-21(22)33)23-16-19(13-14-34(23)27)28(36)17-7-3-2-4-8-17/h2-16,23,25-27H,1H3/t23-,25-,26+,27-/m0/s1. The fourth-order valence-electron chi connectivity index (χ4n) is 5.81. The average Bonchev–Trinajstić information content (AvgIpc) is 3.44. The molecule has 9 heteroatoms. The van der Waals surface area contributed by atoms with Crippen molar-refractivity contribution in [2.24, 2.45) is 11.8 Å². The average molecular weight is 618 g/mol. The fraction of sp³-hybridized carbons (Fsp3) is 0.161. The molecule has 4 atom stereocenters. The van der Waals surface area contributed by atoms with Crippen LogP contribution in [-0.2, 0) is 9.59 Å². The van der Waals surface area contributed by atoms with Crippen molar-refractivity contribution in [2.45, 2.75) is 12.1 Å². The number of halogens is 2. The minimum atomic E-state index is -0.978. The second-order valence-corrected chi connectivity index (χ2v) is 11.0. The zero-order valence-electron chi connectivity index (χ0n) is 21.2. The van der Waals surface area contributed by atoms with Gasteiger partial charge in [-0.15, -0.1) is 0 Å². The summed E-state index contributed by atoms with van der Waals surface area (Å²) in [7, 11) is 1.53. The lowest BCUT2D eigenvalue weighted by atomic mass is 9.85. The Balaban J connectivity index is 1.44. The fourth-order valence-corrected chi connectivity index (χ4v) is 6.58. The third-order valence-electron chi connectivity index (χ3n) is 7.64. The van der Waals surface area contributed by atoms with Crippen LogP contribution in [0.15, 0.2) is 101 Å². The molecule has 0 bridgehead atoms. The summed E-state index contributed by atoms with van der Waals surface area (Å²) in [6.45, 7) is 0. The molecule has 3 aliphatic heterocycles. The largest absolute Gasteiger partial charge is 0.496 e. The van der Waals surface area contributed by atoms with E-state index in [0.29, 0.717) is 26.9 Å². The quantitative estimate of drug-likeness (QED) is 0.269. The van der Waals surface area contributed by atoms with E-state index in [9.17, 15) is 19.2 Å². The zero-order valence-corrected chi connectivity index (χ0v) is 23.5. The van der Waals surface area contributed by atoms with Gasteiger partial charge in [0.1, 0.15) is 11.8 Å². The number of nitrogens with zero attached hydrogens (tertiary/aromatic N) is 2. The highest BCUT2D eigenvalue weighted by molar-refractivity contribution is 9.10. The Hall–Kier alpha value is -4.01. The van der Waals surface area contributed by atoms with Gasteiger partial charge in [0, 0.05) is 22.9 Å². The number of ether oxygens (including phenoxy) is 1. The van der Waals surface area contributed by atoms with Gasteiger partial charge in [-0.2, -0.15) is 0 Å². The minimum absolute atomic E-state index is 0.207. The molecule has 0 aliphatic carbocycles. The first-order chi connectivity index (χ1) is 19.3. The molecule has 2 saturated heterocycles. The van der Waals surface area contributed by atoms with Gasteiger partial charge in [0.05, 0.1) is 40.2 Å². The van der Waals surface area contributed by atoms with Crippen molar-refractivity contribution >= 4 is 56.6 Å². The van der Waals surface area contributed by atoms with Crippen molar-refractivity contribution in [2.75, 3.05) is 12.0 Å². The molecule has 3 aliphatic rings. The predicted octanol–water partition coefficient (Wildman–Crippen LogP) is 5.49.